The van der Waals surface area contributed by atoms with Gasteiger partial charge in [-0.2, -0.15) is 4.52 Å². The summed E-state index contributed by atoms with van der Waals surface area (Å²) in [6.07, 6.45) is 0.771. The van der Waals surface area contributed by atoms with E-state index in [-0.39, 0.29) is 45.1 Å². The van der Waals surface area contributed by atoms with Gasteiger partial charge in [0.1, 0.15) is 13.2 Å². The Morgan fingerprint density at radius 1 is 1.08 bits per heavy atom. The van der Waals surface area contributed by atoms with Gasteiger partial charge >= 0.3 is 0 Å². The Balaban J connectivity index is 1.23. The first-order chi connectivity index (χ1) is 18.9. The van der Waals surface area contributed by atoms with Gasteiger partial charge in [0, 0.05) is 56.1 Å². The minimum atomic E-state index is -2.72. The van der Waals surface area contributed by atoms with Gasteiger partial charge in [-0.3, -0.25) is 9.78 Å². The molecule has 6 rings (SSSR count). The van der Waals surface area contributed by atoms with Crippen LogP contribution in [0.5, 0.6) is 5.88 Å². The van der Waals surface area contributed by atoms with Gasteiger partial charge in [-0.1, -0.05) is 23.4 Å². The van der Waals surface area contributed by atoms with Crippen LogP contribution in [0.25, 0.3) is 27.9 Å². The number of piperidine rings is 1. The Kier molecular flexibility index (Phi) is 6.35. The molecule has 1 saturated heterocycles. The van der Waals surface area contributed by atoms with Crippen molar-refractivity contribution in [3.8, 4) is 17.4 Å². The monoisotopic (exact) mass is 535 g/mol. The van der Waals surface area contributed by atoms with Crippen molar-refractivity contribution in [2.75, 3.05) is 20.2 Å². The number of hydrogen-bond acceptors (Lipinski definition) is 9. The number of nitrogens with zero attached hydrogens (tertiary/aromatic N) is 7. The van der Waals surface area contributed by atoms with Crippen LogP contribution in [0.1, 0.15) is 34.7 Å². The highest BCUT2D eigenvalue weighted by Gasteiger charge is 2.35. The van der Waals surface area contributed by atoms with Gasteiger partial charge in [0.2, 0.25) is 11.7 Å². The van der Waals surface area contributed by atoms with Crippen LogP contribution in [-0.2, 0) is 18.0 Å². The highest BCUT2D eigenvalue weighted by molar-refractivity contribution is 5.97. The third-order valence-corrected chi connectivity index (χ3v) is 6.52. The number of ether oxygens (including phenoxy) is 2. The number of carbonyl (C=O) groups excluding carboxylic acids is 1. The molecule has 4 aromatic heterocycles. The Morgan fingerprint density at radius 2 is 1.87 bits per heavy atom. The lowest BCUT2D eigenvalue weighted by Crippen LogP contribution is -2.42. The van der Waals surface area contributed by atoms with Crippen LogP contribution in [0.4, 0.5) is 8.78 Å². The zero-order valence-electron chi connectivity index (χ0n) is 20.9. The number of carbonyl (C=O) groups is 1. The third kappa shape index (κ3) is 4.88. The van der Waals surface area contributed by atoms with Crippen LogP contribution in [0.3, 0.4) is 0 Å². The molecule has 0 aliphatic carbocycles. The summed E-state index contributed by atoms with van der Waals surface area (Å²) < 4.78 is 44.9. The van der Waals surface area contributed by atoms with E-state index in [0.29, 0.717) is 40.1 Å². The zero-order chi connectivity index (χ0) is 27.0. The average Bonchev–Trinajstić information content (AvgIpc) is 3.59. The number of rotatable bonds is 7. The standard InChI is InChI=1S/C26H23F2N7O4/c1-37-15-18-12-21(33-39-18)23-31-30-22-19-4-2-3-5-20(19)24(32-35(22)23)38-14-17-7-6-16(13-29-17)25(36)34-10-8-26(27,28)9-11-34/h2-7,12-13H,8-11,14-15H2,1H3. The predicted octanol–water partition coefficient (Wildman–Crippen LogP) is 3.92. The SMILES string of the molecule is COCc1cc(-c2nnc3c4ccccc4c(OCc4ccc(C(=O)N5CCC(F)(F)CC5)cn4)nn23)no1. The van der Waals surface area contributed by atoms with E-state index in [1.165, 1.54) is 11.1 Å². The summed E-state index contributed by atoms with van der Waals surface area (Å²) in [5, 5.41) is 18.8. The summed E-state index contributed by atoms with van der Waals surface area (Å²) in [5.41, 5.74) is 1.87. The van der Waals surface area contributed by atoms with Crippen molar-refractivity contribution < 1.29 is 27.6 Å². The molecule has 0 unspecified atom stereocenters. The molecule has 11 nitrogen and oxygen atoms in total. The second-order valence-electron chi connectivity index (χ2n) is 9.20. The van der Waals surface area contributed by atoms with E-state index in [2.05, 4.69) is 25.4 Å². The maximum absolute atomic E-state index is 13.4. The second-order valence-corrected chi connectivity index (χ2v) is 9.20. The Hall–Kier alpha value is -4.52. The molecule has 200 valence electrons. The second kappa shape index (κ2) is 9.98. The average molecular weight is 536 g/mol. The summed E-state index contributed by atoms with van der Waals surface area (Å²) in [4.78, 5) is 18.5. The van der Waals surface area contributed by atoms with Crippen LogP contribution in [-0.4, -0.2) is 66.9 Å². The lowest BCUT2D eigenvalue weighted by Gasteiger charge is -2.31. The minimum absolute atomic E-state index is 0.0189. The van der Waals surface area contributed by atoms with E-state index in [0.717, 1.165) is 10.8 Å². The summed E-state index contributed by atoms with van der Waals surface area (Å²) in [5.74, 6) is -1.79. The van der Waals surface area contributed by atoms with Crippen molar-refractivity contribution in [2.24, 2.45) is 0 Å². The molecular formula is C26H23F2N7O4. The largest absolute Gasteiger partial charge is 0.470 e. The third-order valence-electron chi connectivity index (χ3n) is 6.52. The van der Waals surface area contributed by atoms with Crippen molar-refractivity contribution in [3.05, 3.63) is 65.7 Å². The van der Waals surface area contributed by atoms with Crippen LogP contribution < -0.4 is 4.74 Å². The van der Waals surface area contributed by atoms with Gasteiger partial charge < -0.3 is 18.9 Å². The topological polar surface area (TPSA) is 121 Å². The normalized spacial score (nSPS) is 15.2. The number of alkyl halides is 2. The van der Waals surface area contributed by atoms with E-state index < -0.39 is 5.92 Å². The molecule has 0 radical (unpaired) electrons. The number of halogens is 2. The number of pyridine rings is 1. The van der Waals surface area contributed by atoms with Gasteiger partial charge in [-0.25, -0.2) is 8.78 Å². The molecule has 1 fully saturated rings. The van der Waals surface area contributed by atoms with E-state index in [1.54, 1.807) is 29.8 Å². The van der Waals surface area contributed by atoms with E-state index in [9.17, 15) is 13.6 Å². The van der Waals surface area contributed by atoms with Crippen molar-refractivity contribution in [1.29, 1.82) is 0 Å². The number of fused-ring (bicyclic) bond motifs is 3. The van der Waals surface area contributed by atoms with Crippen molar-refractivity contribution in [2.45, 2.75) is 32.0 Å². The molecule has 5 aromatic rings. The molecule has 0 spiro atoms. The number of aromatic nitrogens is 6. The maximum atomic E-state index is 13.4. The maximum Gasteiger partial charge on any atom is 0.255 e. The Morgan fingerprint density at radius 3 is 2.62 bits per heavy atom. The minimum Gasteiger partial charge on any atom is -0.470 e. The highest BCUT2D eigenvalue weighted by Crippen LogP contribution is 2.30. The zero-order valence-corrected chi connectivity index (χ0v) is 20.9. The summed E-state index contributed by atoms with van der Waals surface area (Å²) in [6.45, 7) is 0.377. The molecule has 1 aliphatic rings. The van der Waals surface area contributed by atoms with Crippen molar-refractivity contribution in [1.82, 2.24) is 34.9 Å². The fraction of sp³-hybridized carbons (Fsp3) is 0.308. The Labute approximate surface area is 220 Å². The number of methoxy groups -OCH3 is 1. The number of hydrogen-bond donors (Lipinski definition) is 0. The van der Waals surface area contributed by atoms with Crippen molar-refractivity contribution >= 4 is 22.3 Å². The van der Waals surface area contributed by atoms with Crippen molar-refractivity contribution in [3.63, 3.8) is 0 Å². The summed E-state index contributed by atoms with van der Waals surface area (Å²) in [6, 6.07) is 12.5. The van der Waals surface area contributed by atoms with E-state index in [1.807, 2.05) is 24.3 Å². The van der Waals surface area contributed by atoms with Gasteiger partial charge in [-0.05, 0) is 18.2 Å². The Bertz CT molecular complexity index is 1640. The molecule has 13 heteroatoms. The lowest BCUT2D eigenvalue weighted by molar-refractivity contribution is -0.0494. The van der Waals surface area contributed by atoms with E-state index >= 15 is 0 Å². The van der Waals surface area contributed by atoms with Crippen LogP contribution >= 0.6 is 0 Å². The van der Waals surface area contributed by atoms with Gasteiger partial charge in [0.15, 0.2) is 17.1 Å². The number of benzene rings is 1. The fourth-order valence-corrected chi connectivity index (χ4v) is 4.44. The number of likely N-dealkylation sites (tertiary alicyclic amines) is 1. The highest BCUT2D eigenvalue weighted by atomic mass is 19.3. The first kappa shape index (κ1) is 24.8. The molecule has 0 bridgehead atoms. The molecule has 1 aromatic carbocycles. The van der Waals surface area contributed by atoms with Gasteiger partial charge in [0.25, 0.3) is 11.8 Å². The summed E-state index contributed by atoms with van der Waals surface area (Å²) >= 11 is 0. The molecule has 0 atom stereocenters. The quantitative estimate of drug-likeness (QED) is 0.305. The molecule has 5 heterocycles. The molecule has 0 saturated carbocycles. The lowest BCUT2D eigenvalue weighted by atomic mass is 10.1. The number of amides is 1. The van der Waals surface area contributed by atoms with Crippen LogP contribution in [0.2, 0.25) is 0 Å². The van der Waals surface area contributed by atoms with Gasteiger partial charge in [-0.15, -0.1) is 15.3 Å². The molecule has 0 N–H and O–H groups in total. The van der Waals surface area contributed by atoms with Gasteiger partial charge in [0.05, 0.1) is 11.3 Å². The molecule has 1 aliphatic heterocycles. The van der Waals surface area contributed by atoms with Crippen LogP contribution in [0.15, 0.2) is 53.2 Å². The smallest absolute Gasteiger partial charge is 0.255 e. The van der Waals surface area contributed by atoms with Crippen LogP contribution in [0, 0.1) is 0 Å². The molecular weight excluding hydrogens is 512 g/mol. The molecule has 39 heavy (non-hydrogen) atoms. The first-order valence-corrected chi connectivity index (χ1v) is 12.3. The predicted molar refractivity (Wildman–Crippen MR) is 133 cm³/mol. The van der Waals surface area contributed by atoms with E-state index in [4.69, 9.17) is 14.0 Å². The summed E-state index contributed by atoms with van der Waals surface area (Å²) in [7, 11) is 1.56. The first-order valence-electron chi connectivity index (χ1n) is 12.3. The fourth-order valence-electron chi connectivity index (χ4n) is 4.44. The molecule has 1 amide bonds.